The van der Waals surface area contributed by atoms with Crippen molar-refractivity contribution in [3.8, 4) is 5.75 Å². The number of benzene rings is 1. The van der Waals surface area contributed by atoms with Crippen LogP contribution in [0.4, 0.5) is 5.69 Å². The second-order valence-corrected chi connectivity index (χ2v) is 5.99. The summed E-state index contributed by atoms with van der Waals surface area (Å²) < 4.78 is 10.5. The summed E-state index contributed by atoms with van der Waals surface area (Å²) in [6, 6.07) is 9.01. The van der Waals surface area contributed by atoms with E-state index in [1.807, 2.05) is 23.8 Å². The summed E-state index contributed by atoms with van der Waals surface area (Å²) in [5, 5.41) is 6.68. The number of thiophene rings is 1. The van der Waals surface area contributed by atoms with E-state index in [0.717, 1.165) is 11.3 Å². The number of aryl methyl sites for hydroxylation is 1. The molecular formula is C18H21NO4S. The molecule has 0 aliphatic heterocycles. The van der Waals surface area contributed by atoms with Gasteiger partial charge in [0, 0.05) is 12.1 Å². The fraction of sp³-hybridized carbons (Fsp3) is 0.333. The average Bonchev–Trinajstić information content (AvgIpc) is 3.08. The second kappa shape index (κ2) is 9.08. The number of ether oxygens (including phenoxy) is 2. The van der Waals surface area contributed by atoms with E-state index in [2.05, 4.69) is 5.32 Å². The van der Waals surface area contributed by atoms with Crippen LogP contribution in [0.25, 0.3) is 0 Å². The first-order valence-electron chi connectivity index (χ1n) is 7.82. The Balaban J connectivity index is 1.77. The lowest BCUT2D eigenvalue weighted by molar-refractivity contribution is -0.153. The molecule has 0 bridgehead atoms. The second-order valence-electron chi connectivity index (χ2n) is 5.21. The van der Waals surface area contributed by atoms with Gasteiger partial charge in [-0.05, 0) is 66.9 Å². The number of nitrogens with one attached hydrogen (secondary N) is 1. The highest BCUT2D eigenvalue weighted by atomic mass is 32.1. The minimum Gasteiger partial charge on any atom is -0.494 e. The van der Waals surface area contributed by atoms with Crippen LogP contribution in [-0.2, 0) is 20.7 Å². The zero-order valence-electron chi connectivity index (χ0n) is 13.8. The minimum atomic E-state index is -0.841. The Hall–Kier alpha value is -2.34. The summed E-state index contributed by atoms with van der Waals surface area (Å²) in [5.41, 5.74) is 1.73. The van der Waals surface area contributed by atoms with Crippen molar-refractivity contribution in [3.05, 3.63) is 46.7 Å². The van der Waals surface area contributed by atoms with Gasteiger partial charge < -0.3 is 14.8 Å². The molecule has 1 aromatic carbocycles. The van der Waals surface area contributed by atoms with Gasteiger partial charge in [-0.15, -0.1) is 0 Å². The van der Waals surface area contributed by atoms with E-state index >= 15 is 0 Å². The fourth-order valence-corrected chi connectivity index (χ4v) is 2.74. The Morgan fingerprint density at radius 3 is 2.58 bits per heavy atom. The van der Waals surface area contributed by atoms with E-state index < -0.39 is 6.10 Å². The molecule has 1 amide bonds. The lowest BCUT2D eigenvalue weighted by Gasteiger charge is -2.13. The lowest BCUT2D eigenvalue weighted by Crippen LogP contribution is -2.30. The predicted octanol–water partition coefficient (Wildman–Crippen LogP) is 3.65. The molecule has 5 nitrogen and oxygen atoms in total. The monoisotopic (exact) mass is 347 g/mol. The van der Waals surface area contributed by atoms with Gasteiger partial charge in [0.05, 0.1) is 6.61 Å². The normalized spacial score (nSPS) is 11.6. The van der Waals surface area contributed by atoms with Crippen LogP contribution in [0.1, 0.15) is 25.8 Å². The third kappa shape index (κ3) is 5.70. The van der Waals surface area contributed by atoms with Crippen molar-refractivity contribution in [1.82, 2.24) is 0 Å². The molecule has 0 aliphatic carbocycles. The highest BCUT2D eigenvalue weighted by molar-refractivity contribution is 7.07. The molecule has 6 heteroatoms. The first-order valence-corrected chi connectivity index (χ1v) is 8.77. The summed E-state index contributed by atoms with van der Waals surface area (Å²) in [4.78, 5) is 23.9. The summed E-state index contributed by atoms with van der Waals surface area (Å²) >= 11 is 1.59. The van der Waals surface area contributed by atoms with Crippen molar-refractivity contribution >= 4 is 28.9 Å². The van der Waals surface area contributed by atoms with Gasteiger partial charge in [-0.1, -0.05) is 0 Å². The Kier molecular flexibility index (Phi) is 6.81. The van der Waals surface area contributed by atoms with E-state index in [1.165, 1.54) is 0 Å². The van der Waals surface area contributed by atoms with Gasteiger partial charge in [-0.3, -0.25) is 9.59 Å². The number of hydrogen-bond donors (Lipinski definition) is 1. The molecule has 0 saturated carbocycles. The summed E-state index contributed by atoms with van der Waals surface area (Å²) in [5.74, 6) is 0.00184. The molecule has 2 rings (SSSR count). The maximum atomic E-state index is 12.1. The van der Waals surface area contributed by atoms with Gasteiger partial charge in [0.25, 0.3) is 5.91 Å². The summed E-state index contributed by atoms with van der Waals surface area (Å²) in [6.45, 7) is 4.06. The van der Waals surface area contributed by atoms with Gasteiger partial charge in [0.1, 0.15) is 5.75 Å². The maximum absolute atomic E-state index is 12.1. The zero-order valence-corrected chi connectivity index (χ0v) is 14.6. The van der Waals surface area contributed by atoms with Gasteiger partial charge >= 0.3 is 5.97 Å². The zero-order chi connectivity index (χ0) is 17.4. The van der Waals surface area contributed by atoms with Crippen molar-refractivity contribution in [2.75, 3.05) is 11.9 Å². The largest absolute Gasteiger partial charge is 0.494 e. The molecular weight excluding hydrogens is 326 g/mol. The number of rotatable bonds is 8. The van der Waals surface area contributed by atoms with Crippen molar-refractivity contribution in [1.29, 1.82) is 0 Å². The van der Waals surface area contributed by atoms with Crippen molar-refractivity contribution in [3.63, 3.8) is 0 Å². The number of esters is 1. The quantitative estimate of drug-likeness (QED) is 0.740. The van der Waals surface area contributed by atoms with Crippen LogP contribution in [-0.4, -0.2) is 24.6 Å². The van der Waals surface area contributed by atoms with Crippen LogP contribution in [0.15, 0.2) is 41.1 Å². The fourth-order valence-electron chi connectivity index (χ4n) is 2.04. The molecule has 0 spiro atoms. The van der Waals surface area contributed by atoms with Gasteiger partial charge in [0.15, 0.2) is 6.10 Å². The van der Waals surface area contributed by atoms with Crippen LogP contribution in [0.2, 0.25) is 0 Å². The number of carbonyl (C=O) groups is 2. The molecule has 0 aliphatic rings. The molecule has 1 atom stereocenters. The highest BCUT2D eigenvalue weighted by Crippen LogP contribution is 2.16. The van der Waals surface area contributed by atoms with Gasteiger partial charge in [0.2, 0.25) is 0 Å². The lowest BCUT2D eigenvalue weighted by atomic mass is 10.2. The smallest absolute Gasteiger partial charge is 0.306 e. The maximum Gasteiger partial charge on any atom is 0.306 e. The van der Waals surface area contributed by atoms with Crippen LogP contribution in [0.5, 0.6) is 5.75 Å². The van der Waals surface area contributed by atoms with Crippen molar-refractivity contribution in [2.45, 2.75) is 32.8 Å². The molecule has 1 heterocycles. The van der Waals surface area contributed by atoms with Crippen molar-refractivity contribution < 1.29 is 19.1 Å². The Bertz CT molecular complexity index is 652. The molecule has 128 valence electrons. The number of carbonyl (C=O) groups excluding carboxylic acids is 2. The Morgan fingerprint density at radius 1 is 1.21 bits per heavy atom. The third-order valence-corrected chi connectivity index (χ3v) is 4.04. The standard InChI is InChI=1S/C18H21NO4S/c1-3-22-16-7-5-15(6-8-16)19-18(21)13(2)23-17(20)9-4-14-10-11-24-12-14/h5-8,10-13H,3-4,9H2,1-2H3,(H,19,21)/t13-/m0/s1. The molecule has 0 saturated heterocycles. The Morgan fingerprint density at radius 2 is 1.96 bits per heavy atom. The topological polar surface area (TPSA) is 64.6 Å². The third-order valence-electron chi connectivity index (χ3n) is 3.31. The van der Waals surface area contributed by atoms with E-state index in [9.17, 15) is 9.59 Å². The van der Waals surface area contributed by atoms with Crippen LogP contribution in [0.3, 0.4) is 0 Å². The van der Waals surface area contributed by atoms with E-state index in [1.54, 1.807) is 42.5 Å². The summed E-state index contributed by atoms with van der Waals surface area (Å²) in [6.07, 6.45) is 0.0408. The Labute approximate surface area is 145 Å². The predicted molar refractivity (Wildman–Crippen MR) is 94.4 cm³/mol. The van der Waals surface area contributed by atoms with Crippen LogP contribution >= 0.6 is 11.3 Å². The van der Waals surface area contributed by atoms with Crippen molar-refractivity contribution in [2.24, 2.45) is 0 Å². The first-order chi connectivity index (χ1) is 11.6. The number of amides is 1. The van der Waals surface area contributed by atoms with Gasteiger partial charge in [-0.2, -0.15) is 11.3 Å². The van der Waals surface area contributed by atoms with E-state index in [0.29, 0.717) is 18.7 Å². The number of anilines is 1. The number of hydrogen-bond acceptors (Lipinski definition) is 5. The molecule has 0 unspecified atom stereocenters. The molecule has 1 N–H and O–H groups in total. The van der Waals surface area contributed by atoms with Crippen LogP contribution < -0.4 is 10.1 Å². The SMILES string of the molecule is CCOc1ccc(NC(=O)[C@H](C)OC(=O)CCc2ccsc2)cc1. The average molecular weight is 347 g/mol. The first kappa shape index (κ1) is 18.0. The molecule has 0 fully saturated rings. The molecule has 2 aromatic rings. The highest BCUT2D eigenvalue weighted by Gasteiger charge is 2.17. The van der Waals surface area contributed by atoms with Crippen LogP contribution in [0, 0.1) is 0 Å². The van der Waals surface area contributed by atoms with E-state index in [-0.39, 0.29) is 18.3 Å². The molecule has 1 aromatic heterocycles. The molecule has 0 radical (unpaired) electrons. The summed E-state index contributed by atoms with van der Waals surface area (Å²) in [7, 11) is 0. The molecule has 24 heavy (non-hydrogen) atoms. The van der Waals surface area contributed by atoms with E-state index in [4.69, 9.17) is 9.47 Å². The minimum absolute atomic E-state index is 0.261. The van der Waals surface area contributed by atoms with Gasteiger partial charge in [-0.25, -0.2) is 0 Å².